The van der Waals surface area contributed by atoms with Crippen LogP contribution in [0, 0.1) is 19.8 Å². The van der Waals surface area contributed by atoms with Crippen molar-refractivity contribution in [3.63, 3.8) is 0 Å². The van der Waals surface area contributed by atoms with E-state index in [2.05, 4.69) is 10.4 Å². The molecule has 7 heteroatoms. The number of nitrogens with one attached hydrogen (secondary N) is 1. The molecule has 1 aromatic heterocycles. The number of hydrogen-bond acceptors (Lipinski definition) is 3. The Bertz CT molecular complexity index is 799. The van der Waals surface area contributed by atoms with Gasteiger partial charge in [0, 0.05) is 28.9 Å². The molecule has 0 radical (unpaired) electrons. The second-order valence-corrected chi connectivity index (χ2v) is 7.48. The number of amides is 1. The summed E-state index contributed by atoms with van der Waals surface area (Å²) in [6.45, 7) is 4.36. The summed E-state index contributed by atoms with van der Waals surface area (Å²) in [7, 11) is 0. The quantitative estimate of drug-likeness (QED) is 0.807. The smallest absolute Gasteiger partial charge is 0.224 e. The van der Waals surface area contributed by atoms with Crippen LogP contribution in [0.4, 0.5) is 0 Å². The number of carbonyl (C=O) groups is 1. The minimum atomic E-state index is -0.0379. The highest BCUT2D eigenvalue weighted by Gasteiger charge is 2.28. The van der Waals surface area contributed by atoms with E-state index in [0.29, 0.717) is 22.5 Å². The summed E-state index contributed by atoms with van der Waals surface area (Å²) >= 11 is 12.2. The zero-order chi connectivity index (χ0) is 18.1. The third kappa shape index (κ3) is 4.17. The van der Waals surface area contributed by atoms with Gasteiger partial charge in [-0.05, 0) is 50.8 Å². The molecule has 2 aromatic rings. The molecule has 134 valence electrons. The second kappa shape index (κ2) is 7.36. The maximum Gasteiger partial charge on any atom is 0.224 e. The third-order valence-corrected chi connectivity index (χ3v) is 5.22. The van der Waals surface area contributed by atoms with Gasteiger partial charge in [-0.1, -0.05) is 23.2 Å². The lowest BCUT2D eigenvalue weighted by atomic mass is 10.1. The zero-order valence-electron chi connectivity index (χ0n) is 14.4. The molecule has 1 unspecified atom stereocenters. The summed E-state index contributed by atoms with van der Waals surface area (Å²) in [5.74, 6) is 0.530. The maximum atomic E-state index is 12.3. The highest BCUT2D eigenvalue weighted by atomic mass is 35.5. The number of benzene rings is 1. The predicted molar refractivity (Wildman–Crippen MR) is 100 cm³/mol. The van der Waals surface area contributed by atoms with E-state index in [1.165, 1.54) is 12.8 Å². The van der Waals surface area contributed by atoms with E-state index in [4.69, 9.17) is 28.9 Å². The monoisotopic (exact) mass is 380 g/mol. The Morgan fingerprint density at radius 3 is 2.76 bits per heavy atom. The van der Waals surface area contributed by atoms with Gasteiger partial charge in [0.1, 0.15) is 0 Å². The number of carbonyl (C=O) groups excluding carboxylic acids is 1. The number of aromatic nitrogens is 2. The average molecular weight is 381 g/mol. The van der Waals surface area contributed by atoms with Gasteiger partial charge in [0.15, 0.2) is 0 Å². The van der Waals surface area contributed by atoms with Gasteiger partial charge in [0.25, 0.3) is 0 Å². The Labute approximate surface area is 157 Å². The van der Waals surface area contributed by atoms with E-state index in [1.54, 1.807) is 16.8 Å². The van der Waals surface area contributed by atoms with E-state index < -0.39 is 0 Å². The van der Waals surface area contributed by atoms with Crippen LogP contribution in [0.15, 0.2) is 18.2 Å². The summed E-state index contributed by atoms with van der Waals surface area (Å²) in [4.78, 5) is 12.3. The van der Waals surface area contributed by atoms with Gasteiger partial charge in [0.2, 0.25) is 5.91 Å². The first-order chi connectivity index (χ1) is 11.9. The van der Waals surface area contributed by atoms with Crippen molar-refractivity contribution >= 4 is 29.1 Å². The molecule has 1 saturated carbocycles. The number of rotatable bonds is 6. The molecule has 3 rings (SSSR count). The standard InChI is InChI=1S/C18H22Cl2N4O/c1-10-14(8-18(25)22-9-16(21)12-3-4-12)11(2)24(23-10)17-6-5-13(19)7-15(17)20/h5-7,12,16H,3-4,8-9,21H2,1-2H3,(H,22,25). The summed E-state index contributed by atoms with van der Waals surface area (Å²) in [6, 6.07) is 5.33. The molecule has 3 N–H and O–H groups in total. The van der Waals surface area contributed by atoms with Gasteiger partial charge in [-0.25, -0.2) is 4.68 Å². The Morgan fingerprint density at radius 2 is 2.12 bits per heavy atom. The summed E-state index contributed by atoms with van der Waals surface area (Å²) in [6.07, 6.45) is 2.62. The lowest BCUT2D eigenvalue weighted by molar-refractivity contribution is -0.120. The molecule has 5 nitrogen and oxygen atoms in total. The van der Waals surface area contributed by atoms with Crippen LogP contribution in [0.5, 0.6) is 0 Å². The largest absolute Gasteiger partial charge is 0.354 e. The van der Waals surface area contributed by atoms with Crippen LogP contribution in [0.2, 0.25) is 10.0 Å². The van der Waals surface area contributed by atoms with Gasteiger partial charge >= 0.3 is 0 Å². The van der Waals surface area contributed by atoms with E-state index >= 15 is 0 Å². The Balaban J connectivity index is 1.74. The number of hydrogen-bond donors (Lipinski definition) is 2. The fourth-order valence-electron chi connectivity index (χ4n) is 2.96. The van der Waals surface area contributed by atoms with Crippen molar-refractivity contribution in [2.24, 2.45) is 11.7 Å². The van der Waals surface area contributed by atoms with Crippen LogP contribution in [-0.2, 0) is 11.2 Å². The van der Waals surface area contributed by atoms with Crippen LogP contribution in [0.25, 0.3) is 5.69 Å². The van der Waals surface area contributed by atoms with E-state index in [1.807, 2.05) is 19.9 Å². The number of aryl methyl sites for hydroxylation is 1. The van der Waals surface area contributed by atoms with Crippen LogP contribution < -0.4 is 11.1 Å². The fourth-order valence-corrected chi connectivity index (χ4v) is 3.45. The molecule has 1 aromatic carbocycles. The summed E-state index contributed by atoms with van der Waals surface area (Å²) < 4.78 is 1.76. The highest BCUT2D eigenvalue weighted by Crippen LogP contribution is 2.31. The Hall–Kier alpha value is -1.56. The van der Waals surface area contributed by atoms with Crippen LogP contribution in [0.3, 0.4) is 0 Å². The molecular formula is C18H22Cl2N4O. The molecular weight excluding hydrogens is 359 g/mol. The molecule has 1 heterocycles. The van der Waals surface area contributed by atoms with Crippen molar-refractivity contribution in [2.75, 3.05) is 6.54 Å². The molecule has 0 bridgehead atoms. The predicted octanol–water partition coefficient (Wildman–Crippen LogP) is 3.19. The van der Waals surface area contributed by atoms with Gasteiger partial charge in [-0.3, -0.25) is 4.79 Å². The van der Waals surface area contributed by atoms with Crippen molar-refractivity contribution in [1.29, 1.82) is 0 Å². The minimum Gasteiger partial charge on any atom is -0.354 e. The van der Waals surface area contributed by atoms with Gasteiger partial charge in [-0.2, -0.15) is 5.10 Å². The Morgan fingerprint density at radius 1 is 1.40 bits per heavy atom. The van der Waals surface area contributed by atoms with Gasteiger partial charge in [-0.15, -0.1) is 0 Å². The maximum absolute atomic E-state index is 12.3. The van der Waals surface area contributed by atoms with E-state index in [9.17, 15) is 4.79 Å². The summed E-state index contributed by atoms with van der Waals surface area (Å²) in [5, 5.41) is 8.56. The molecule has 0 spiro atoms. The van der Waals surface area contributed by atoms with Crippen molar-refractivity contribution in [1.82, 2.24) is 15.1 Å². The summed E-state index contributed by atoms with van der Waals surface area (Å²) in [5.41, 5.74) is 9.39. The molecule has 1 atom stereocenters. The lowest BCUT2D eigenvalue weighted by Crippen LogP contribution is -2.39. The second-order valence-electron chi connectivity index (χ2n) is 6.64. The number of nitrogens with zero attached hydrogens (tertiary/aromatic N) is 2. The van der Waals surface area contributed by atoms with E-state index in [-0.39, 0.29) is 18.4 Å². The SMILES string of the molecule is Cc1nn(-c2ccc(Cl)cc2Cl)c(C)c1CC(=O)NCC(N)C1CC1. The zero-order valence-corrected chi connectivity index (χ0v) is 15.9. The minimum absolute atomic E-state index is 0.0379. The molecule has 1 fully saturated rings. The number of nitrogens with two attached hydrogens (primary N) is 1. The van der Waals surface area contributed by atoms with Crippen LogP contribution in [-0.4, -0.2) is 28.3 Å². The first-order valence-electron chi connectivity index (χ1n) is 8.39. The van der Waals surface area contributed by atoms with Crippen molar-refractivity contribution in [3.8, 4) is 5.69 Å². The molecule has 1 aliphatic carbocycles. The highest BCUT2D eigenvalue weighted by molar-refractivity contribution is 6.35. The first kappa shape index (κ1) is 18.2. The normalized spacial score (nSPS) is 15.2. The number of halogens is 2. The first-order valence-corrected chi connectivity index (χ1v) is 9.15. The molecule has 1 amide bonds. The van der Waals surface area contributed by atoms with Crippen LogP contribution in [0.1, 0.15) is 29.8 Å². The van der Waals surface area contributed by atoms with Crippen molar-refractivity contribution in [2.45, 2.75) is 39.2 Å². The van der Waals surface area contributed by atoms with Gasteiger partial charge in [0.05, 0.1) is 22.8 Å². The molecule has 0 saturated heterocycles. The molecule has 1 aliphatic rings. The van der Waals surface area contributed by atoms with Crippen molar-refractivity contribution in [3.05, 3.63) is 45.2 Å². The third-order valence-electron chi connectivity index (χ3n) is 4.68. The fraction of sp³-hybridized carbons (Fsp3) is 0.444. The Kier molecular flexibility index (Phi) is 5.37. The lowest BCUT2D eigenvalue weighted by Gasteiger charge is -2.12. The molecule has 25 heavy (non-hydrogen) atoms. The topological polar surface area (TPSA) is 72.9 Å². The van der Waals surface area contributed by atoms with Crippen molar-refractivity contribution < 1.29 is 4.79 Å². The average Bonchev–Trinajstić information content (AvgIpc) is 3.36. The molecule has 0 aliphatic heterocycles. The van der Waals surface area contributed by atoms with Gasteiger partial charge < -0.3 is 11.1 Å². The van der Waals surface area contributed by atoms with Crippen LogP contribution >= 0.6 is 23.2 Å². The van der Waals surface area contributed by atoms with E-state index in [0.717, 1.165) is 22.6 Å².